The first kappa shape index (κ1) is 23.5. The van der Waals surface area contributed by atoms with Crippen LogP contribution in [-0.4, -0.2) is 11.5 Å². The van der Waals surface area contributed by atoms with Crippen LogP contribution < -0.4 is 5.73 Å². The van der Waals surface area contributed by atoms with Crippen LogP contribution in [-0.2, 0) is 6.42 Å². The molecular weight excluding hydrogens is 374 g/mol. The van der Waals surface area contributed by atoms with Crippen LogP contribution >= 0.6 is 11.8 Å². The molecule has 2 rings (SSSR count). The number of nitrogen functional groups attached to an aromatic ring is 1. The number of ketones is 1. The number of anilines is 1. The van der Waals surface area contributed by atoms with Gasteiger partial charge in [0.15, 0.2) is 5.78 Å². The molecule has 0 aromatic heterocycles. The number of aryl methyl sites for hydroxylation is 1. The van der Waals surface area contributed by atoms with E-state index in [1.807, 2.05) is 36.4 Å². The Morgan fingerprint density at radius 3 is 1.90 bits per heavy atom. The van der Waals surface area contributed by atoms with Crippen LogP contribution in [0.25, 0.3) is 0 Å². The monoisotopic (exact) mass is 411 g/mol. The van der Waals surface area contributed by atoms with Crippen molar-refractivity contribution in [1.29, 1.82) is 0 Å². The SMILES string of the molecule is CCCCCCCCCCCCc1ccc(C(=O)CSc2ccc(N)cc2)cc1. The fraction of sp³-hybridized carbons (Fsp3) is 0.500. The summed E-state index contributed by atoms with van der Waals surface area (Å²) in [6.45, 7) is 2.27. The molecule has 158 valence electrons. The van der Waals surface area contributed by atoms with Crippen LogP contribution in [0.3, 0.4) is 0 Å². The van der Waals surface area contributed by atoms with Crippen molar-refractivity contribution in [2.24, 2.45) is 0 Å². The van der Waals surface area contributed by atoms with Gasteiger partial charge < -0.3 is 5.73 Å². The highest BCUT2D eigenvalue weighted by Gasteiger charge is 2.07. The third-order valence-corrected chi connectivity index (χ3v) is 6.36. The minimum atomic E-state index is 0.178. The topological polar surface area (TPSA) is 43.1 Å². The number of thioether (sulfide) groups is 1. The standard InChI is InChI=1S/C26H37NOS/c1-2-3-4-5-6-7-8-9-10-11-12-22-13-15-23(16-14-22)26(28)21-29-25-19-17-24(27)18-20-25/h13-20H,2-12,21,27H2,1H3. The molecule has 0 aliphatic heterocycles. The summed E-state index contributed by atoms with van der Waals surface area (Å²) < 4.78 is 0. The van der Waals surface area contributed by atoms with Gasteiger partial charge >= 0.3 is 0 Å². The Kier molecular flexibility index (Phi) is 11.6. The van der Waals surface area contributed by atoms with Crippen LogP contribution in [0.2, 0.25) is 0 Å². The summed E-state index contributed by atoms with van der Waals surface area (Å²) in [5.41, 5.74) is 8.59. The van der Waals surface area contributed by atoms with Gasteiger partial charge in [-0.25, -0.2) is 0 Å². The van der Waals surface area contributed by atoms with Gasteiger partial charge in [-0.3, -0.25) is 4.79 Å². The molecule has 0 aliphatic rings. The van der Waals surface area contributed by atoms with E-state index in [2.05, 4.69) is 19.1 Å². The van der Waals surface area contributed by atoms with Crippen molar-refractivity contribution < 1.29 is 4.79 Å². The third kappa shape index (κ3) is 10.0. The highest BCUT2D eigenvalue weighted by atomic mass is 32.2. The number of unbranched alkanes of at least 4 members (excludes halogenated alkanes) is 9. The number of rotatable bonds is 15. The normalized spacial score (nSPS) is 10.9. The maximum Gasteiger partial charge on any atom is 0.173 e. The zero-order valence-electron chi connectivity index (χ0n) is 18.0. The number of nitrogens with two attached hydrogens (primary N) is 1. The van der Waals surface area contributed by atoms with Crippen molar-refractivity contribution >= 4 is 23.2 Å². The zero-order valence-corrected chi connectivity index (χ0v) is 18.8. The van der Waals surface area contributed by atoms with Crippen molar-refractivity contribution in [3.05, 3.63) is 59.7 Å². The largest absolute Gasteiger partial charge is 0.399 e. The summed E-state index contributed by atoms with van der Waals surface area (Å²) in [4.78, 5) is 13.5. The van der Waals surface area contributed by atoms with Gasteiger partial charge in [-0.1, -0.05) is 89.0 Å². The maximum absolute atomic E-state index is 12.4. The molecule has 2 N–H and O–H groups in total. The lowest BCUT2D eigenvalue weighted by atomic mass is 10.0. The lowest BCUT2D eigenvalue weighted by Crippen LogP contribution is -2.02. The maximum atomic E-state index is 12.4. The molecule has 2 aromatic carbocycles. The number of carbonyl (C=O) groups excluding carboxylic acids is 1. The molecule has 0 heterocycles. The van der Waals surface area contributed by atoms with E-state index in [1.165, 1.54) is 69.8 Å². The average molecular weight is 412 g/mol. The number of Topliss-reactive ketones (excluding diaryl/α,β-unsaturated/α-hetero) is 1. The van der Waals surface area contributed by atoms with E-state index in [0.717, 1.165) is 22.6 Å². The second kappa shape index (κ2) is 14.3. The number of carbonyl (C=O) groups is 1. The molecule has 0 spiro atoms. The minimum absolute atomic E-state index is 0.178. The van der Waals surface area contributed by atoms with Crippen molar-refractivity contribution in [2.45, 2.75) is 82.4 Å². The molecule has 29 heavy (non-hydrogen) atoms. The third-order valence-electron chi connectivity index (χ3n) is 5.34. The molecule has 0 aliphatic carbocycles. The Morgan fingerprint density at radius 2 is 1.31 bits per heavy atom. The second-order valence-electron chi connectivity index (χ2n) is 7.91. The molecule has 0 fully saturated rings. The lowest BCUT2D eigenvalue weighted by Gasteiger charge is -2.05. The van der Waals surface area contributed by atoms with Crippen molar-refractivity contribution in [3.63, 3.8) is 0 Å². The van der Waals surface area contributed by atoms with Gasteiger partial charge in [0, 0.05) is 16.1 Å². The van der Waals surface area contributed by atoms with E-state index in [9.17, 15) is 4.79 Å². The summed E-state index contributed by atoms with van der Waals surface area (Å²) >= 11 is 1.56. The summed E-state index contributed by atoms with van der Waals surface area (Å²) in [7, 11) is 0. The summed E-state index contributed by atoms with van der Waals surface area (Å²) in [5, 5.41) is 0. The highest BCUT2D eigenvalue weighted by molar-refractivity contribution is 8.00. The van der Waals surface area contributed by atoms with Gasteiger partial charge in [-0.15, -0.1) is 11.8 Å². The molecule has 2 nitrogen and oxygen atoms in total. The fourth-order valence-electron chi connectivity index (χ4n) is 3.47. The first-order valence-corrected chi connectivity index (χ1v) is 12.3. The molecule has 0 radical (unpaired) electrons. The summed E-state index contributed by atoms with van der Waals surface area (Å²) in [6.07, 6.45) is 14.8. The molecule has 0 bridgehead atoms. The van der Waals surface area contributed by atoms with E-state index in [-0.39, 0.29) is 5.78 Å². The van der Waals surface area contributed by atoms with Gasteiger partial charge in [-0.05, 0) is 42.7 Å². The highest BCUT2D eigenvalue weighted by Crippen LogP contribution is 2.21. The molecule has 2 aromatic rings. The molecule has 0 saturated carbocycles. The minimum Gasteiger partial charge on any atom is -0.399 e. The van der Waals surface area contributed by atoms with E-state index < -0.39 is 0 Å². The molecule has 0 atom stereocenters. The molecule has 0 unspecified atom stereocenters. The van der Waals surface area contributed by atoms with E-state index in [4.69, 9.17) is 5.73 Å². The first-order chi connectivity index (χ1) is 14.2. The summed E-state index contributed by atoms with van der Waals surface area (Å²) in [6, 6.07) is 15.9. The Bertz CT molecular complexity index is 694. The Hall–Kier alpha value is -1.74. The van der Waals surface area contributed by atoms with Gasteiger partial charge in [-0.2, -0.15) is 0 Å². The Morgan fingerprint density at radius 1 is 0.759 bits per heavy atom. The van der Waals surface area contributed by atoms with Crippen LogP contribution in [0, 0.1) is 0 Å². The Balaban J connectivity index is 1.58. The fourth-order valence-corrected chi connectivity index (χ4v) is 4.26. The second-order valence-corrected chi connectivity index (χ2v) is 8.96. The Labute approximate surface area is 181 Å². The van der Waals surface area contributed by atoms with Gasteiger partial charge in [0.1, 0.15) is 0 Å². The predicted molar refractivity (Wildman–Crippen MR) is 128 cm³/mol. The number of hydrogen-bond acceptors (Lipinski definition) is 3. The predicted octanol–water partition coefficient (Wildman–Crippen LogP) is 7.71. The molecule has 0 amide bonds. The molecular formula is C26H37NOS. The van der Waals surface area contributed by atoms with Crippen molar-refractivity contribution in [3.8, 4) is 0 Å². The van der Waals surface area contributed by atoms with E-state index in [0.29, 0.717) is 5.75 Å². The summed E-state index contributed by atoms with van der Waals surface area (Å²) in [5.74, 6) is 0.638. The van der Waals surface area contributed by atoms with Crippen molar-refractivity contribution in [1.82, 2.24) is 0 Å². The first-order valence-electron chi connectivity index (χ1n) is 11.3. The smallest absolute Gasteiger partial charge is 0.173 e. The quantitative estimate of drug-likeness (QED) is 0.141. The van der Waals surface area contributed by atoms with Gasteiger partial charge in [0.05, 0.1) is 5.75 Å². The average Bonchev–Trinajstić information content (AvgIpc) is 2.75. The van der Waals surface area contributed by atoms with Crippen LogP contribution in [0.4, 0.5) is 5.69 Å². The number of benzene rings is 2. The van der Waals surface area contributed by atoms with Crippen LogP contribution in [0.15, 0.2) is 53.4 Å². The van der Waals surface area contributed by atoms with Crippen LogP contribution in [0.1, 0.15) is 87.1 Å². The lowest BCUT2D eigenvalue weighted by molar-refractivity contribution is 0.102. The molecule has 3 heteroatoms. The van der Waals surface area contributed by atoms with E-state index >= 15 is 0 Å². The number of hydrogen-bond donors (Lipinski definition) is 1. The zero-order chi connectivity index (χ0) is 20.7. The van der Waals surface area contributed by atoms with E-state index in [1.54, 1.807) is 11.8 Å². The van der Waals surface area contributed by atoms with Crippen molar-refractivity contribution in [2.75, 3.05) is 11.5 Å². The van der Waals surface area contributed by atoms with Gasteiger partial charge in [0.25, 0.3) is 0 Å². The van der Waals surface area contributed by atoms with Crippen LogP contribution in [0.5, 0.6) is 0 Å². The van der Waals surface area contributed by atoms with Gasteiger partial charge in [0.2, 0.25) is 0 Å². The molecule has 0 saturated heterocycles.